The van der Waals surface area contributed by atoms with Crippen molar-refractivity contribution in [3.05, 3.63) is 48.0 Å². The van der Waals surface area contributed by atoms with Crippen LogP contribution in [0.1, 0.15) is 31.1 Å². The fourth-order valence-electron chi connectivity index (χ4n) is 2.49. The minimum absolute atomic E-state index is 0.0608. The number of aliphatic hydroxyl groups is 1. The molecule has 1 amide bonds. The third kappa shape index (κ3) is 7.29. The first kappa shape index (κ1) is 22.5. The summed E-state index contributed by atoms with van der Waals surface area (Å²) in [5, 5.41) is 16.0. The highest BCUT2D eigenvalue weighted by Crippen LogP contribution is 2.28. The Labute approximate surface area is 172 Å². The number of anilines is 1. The molecule has 158 valence electrons. The van der Waals surface area contributed by atoms with E-state index in [0.717, 1.165) is 0 Å². The smallest absolute Gasteiger partial charge is 0.255 e. The SMILES string of the molecule is COc1ccc(C(=O)Nc2ccc(OCC(O)CNC(C)(C)C)cc2)cc1OC. The number of ether oxygens (including phenoxy) is 3. The standard InChI is InChI=1S/C22H30N2O5/c1-22(2,3)23-13-17(25)14-29-18-9-7-16(8-10-18)24-21(26)15-6-11-19(27-4)20(12-15)28-5/h6-12,17,23,25H,13-14H2,1-5H3,(H,24,26). The van der Waals surface area contributed by atoms with Gasteiger partial charge in [-0.2, -0.15) is 0 Å². The first-order valence-electron chi connectivity index (χ1n) is 9.41. The zero-order valence-electron chi connectivity index (χ0n) is 17.6. The van der Waals surface area contributed by atoms with E-state index >= 15 is 0 Å². The van der Waals surface area contributed by atoms with Crippen LogP contribution < -0.4 is 24.8 Å². The third-order valence-corrected chi connectivity index (χ3v) is 4.07. The van der Waals surface area contributed by atoms with Gasteiger partial charge in [0.2, 0.25) is 0 Å². The van der Waals surface area contributed by atoms with Crippen LogP contribution in [0.2, 0.25) is 0 Å². The average Bonchev–Trinajstić information content (AvgIpc) is 2.70. The normalized spacial score (nSPS) is 12.2. The quantitative estimate of drug-likeness (QED) is 0.597. The van der Waals surface area contributed by atoms with Crippen molar-refractivity contribution < 1.29 is 24.1 Å². The number of nitrogens with one attached hydrogen (secondary N) is 2. The summed E-state index contributed by atoms with van der Waals surface area (Å²) >= 11 is 0. The molecule has 7 nitrogen and oxygen atoms in total. The Kier molecular flexibility index (Phi) is 7.87. The van der Waals surface area contributed by atoms with Crippen LogP contribution in [0.3, 0.4) is 0 Å². The van der Waals surface area contributed by atoms with Gasteiger partial charge in [-0.1, -0.05) is 0 Å². The topological polar surface area (TPSA) is 89.1 Å². The number of methoxy groups -OCH3 is 2. The highest BCUT2D eigenvalue weighted by molar-refractivity contribution is 6.04. The second-order valence-electron chi connectivity index (χ2n) is 7.64. The maximum Gasteiger partial charge on any atom is 0.255 e. The Bertz CT molecular complexity index is 800. The first-order valence-corrected chi connectivity index (χ1v) is 9.41. The Balaban J connectivity index is 1.89. The molecule has 0 saturated carbocycles. The second-order valence-corrected chi connectivity index (χ2v) is 7.64. The number of carbonyl (C=O) groups is 1. The molecule has 0 fully saturated rings. The molecule has 2 aromatic rings. The van der Waals surface area contributed by atoms with Crippen LogP contribution in [0.4, 0.5) is 5.69 Å². The predicted octanol–water partition coefficient (Wildman–Crippen LogP) is 3.08. The average molecular weight is 402 g/mol. The molecule has 1 atom stereocenters. The van der Waals surface area contributed by atoms with Crippen LogP contribution in [0.25, 0.3) is 0 Å². The summed E-state index contributed by atoms with van der Waals surface area (Å²) in [6.45, 7) is 6.74. The summed E-state index contributed by atoms with van der Waals surface area (Å²) in [6, 6.07) is 12.0. The van der Waals surface area contributed by atoms with Gasteiger partial charge in [0.1, 0.15) is 18.5 Å². The van der Waals surface area contributed by atoms with Crippen LogP contribution >= 0.6 is 0 Å². The van der Waals surface area contributed by atoms with Crippen molar-refractivity contribution in [3.8, 4) is 17.2 Å². The maximum atomic E-state index is 12.5. The number of rotatable bonds is 9. The van der Waals surface area contributed by atoms with Gasteiger partial charge in [0.25, 0.3) is 5.91 Å². The van der Waals surface area contributed by atoms with E-state index in [4.69, 9.17) is 14.2 Å². The number of aliphatic hydroxyl groups excluding tert-OH is 1. The first-order chi connectivity index (χ1) is 13.7. The molecule has 0 heterocycles. The van der Waals surface area contributed by atoms with Crippen molar-refractivity contribution in [1.29, 1.82) is 0 Å². The van der Waals surface area contributed by atoms with Crippen LogP contribution in [0.5, 0.6) is 17.2 Å². The number of benzene rings is 2. The largest absolute Gasteiger partial charge is 0.493 e. The summed E-state index contributed by atoms with van der Waals surface area (Å²) in [5.41, 5.74) is 1.03. The fraction of sp³-hybridized carbons (Fsp3) is 0.409. The monoisotopic (exact) mass is 402 g/mol. The maximum absolute atomic E-state index is 12.5. The lowest BCUT2D eigenvalue weighted by Crippen LogP contribution is -2.42. The molecule has 0 bridgehead atoms. The summed E-state index contributed by atoms with van der Waals surface area (Å²) < 4.78 is 16.0. The van der Waals surface area contributed by atoms with Crippen LogP contribution in [0, 0.1) is 0 Å². The number of carbonyl (C=O) groups excluding carboxylic acids is 1. The number of amides is 1. The summed E-state index contributed by atoms with van der Waals surface area (Å²) in [7, 11) is 3.07. The van der Waals surface area contributed by atoms with Gasteiger partial charge in [-0.3, -0.25) is 4.79 Å². The molecule has 3 N–H and O–H groups in total. The molecular formula is C22H30N2O5. The highest BCUT2D eigenvalue weighted by Gasteiger charge is 2.13. The van der Waals surface area contributed by atoms with Crippen molar-refractivity contribution in [2.45, 2.75) is 32.4 Å². The zero-order valence-corrected chi connectivity index (χ0v) is 17.6. The van der Waals surface area contributed by atoms with Crippen LogP contribution in [-0.4, -0.2) is 50.0 Å². The van der Waals surface area contributed by atoms with Gasteiger partial charge in [0.15, 0.2) is 11.5 Å². The molecule has 1 unspecified atom stereocenters. The van der Waals surface area contributed by atoms with Gasteiger partial charge in [-0.05, 0) is 63.2 Å². The molecule has 0 spiro atoms. The van der Waals surface area contributed by atoms with Crippen LogP contribution in [-0.2, 0) is 0 Å². The Morgan fingerprint density at radius 1 is 1.03 bits per heavy atom. The molecule has 7 heteroatoms. The van der Waals surface area contributed by atoms with Gasteiger partial charge in [-0.15, -0.1) is 0 Å². The number of hydrogen-bond donors (Lipinski definition) is 3. The fourth-order valence-corrected chi connectivity index (χ4v) is 2.49. The highest BCUT2D eigenvalue weighted by atomic mass is 16.5. The van der Waals surface area contributed by atoms with Gasteiger partial charge in [0.05, 0.1) is 14.2 Å². The molecule has 0 aliphatic heterocycles. The Morgan fingerprint density at radius 2 is 1.69 bits per heavy atom. The number of β-amino-alcohol motifs (C(OH)–C–C–N with tert-alkyl or cyclic N) is 1. The second kappa shape index (κ2) is 10.1. The van der Waals surface area contributed by atoms with Crippen molar-refractivity contribution in [3.63, 3.8) is 0 Å². The van der Waals surface area contributed by atoms with E-state index in [-0.39, 0.29) is 18.1 Å². The predicted molar refractivity (Wildman–Crippen MR) is 113 cm³/mol. The molecule has 0 aliphatic rings. The molecule has 0 saturated heterocycles. The van der Waals surface area contributed by atoms with E-state index in [2.05, 4.69) is 10.6 Å². The van der Waals surface area contributed by atoms with Gasteiger partial charge in [-0.25, -0.2) is 0 Å². The summed E-state index contributed by atoms with van der Waals surface area (Å²) in [6.07, 6.45) is -0.612. The van der Waals surface area contributed by atoms with Crippen molar-refractivity contribution in [2.24, 2.45) is 0 Å². The Morgan fingerprint density at radius 3 is 2.28 bits per heavy atom. The minimum atomic E-state index is -0.612. The number of hydrogen-bond acceptors (Lipinski definition) is 6. The molecule has 2 aromatic carbocycles. The molecule has 2 rings (SSSR count). The molecule has 29 heavy (non-hydrogen) atoms. The van der Waals surface area contributed by atoms with E-state index in [0.29, 0.717) is 35.0 Å². The lowest BCUT2D eigenvalue weighted by atomic mass is 10.1. The molecular weight excluding hydrogens is 372 g/mol. The van der Waals surface area contributed by atoms with Crippen molar-refractivity contribution in [2.75, 3.05) is 32.7 Å². The molecule has 0 aliphatic carbocycles. The zero-order chi connectivity index (χ0) is 21.4. The third-order valence-electron chi connectivity index (χ3n) is 4.07. The summed E-state index contributed by atoms with van der Waals surface area (Å²) in [5.74, 6) is 1.40. The van der Waals surface area contributed by atoms with Crippen molar-refractivity contribution in [1.82, 2.24) is 5.32 Å². The van der Waals surface area contributed by atoms with Crippen molar-refractivity contribution >= 4 is 11.6 Å². The van der Waals surface area contributed by atoms with Gasteiger partial charge >= 0.3 is 0 Å². The van der Waals surface area contributed by atoms with E-state index in [1.54, 1.807) is 49.6 Å². The molecule has 0 aromatic heterocycles. The van der Waals surface area contributed by atoms with Gasteiger partial charge < -0.3 is 30.0 Å². The minimum Gasteiger partial charge on any atom is -0.493 e. The van der Waals surface area contributed by atoms with E-state index < -0.39 is 6.10 Å². The summed E-state index contributed by atoms with van der Waals surface area (Å²) in [4.78, 5) is 12.5. The Hall–Kier alpha value is -2.77. The lowest BCUT2D eigenvalue weighted by molar-refractivity contribution is 0.100. The molecule has 0 radical (unpaired) electrons. The van der Waals surface area contributed by atoms with E-state index in [1.165, 1.54) is 7.11 Å². The lowest BCUT2D eigenvalue weighted by Gasteiger charge is -2.23. The van der Waals surface area contributed by atoms with Gasteiger partial charge in [0, 0.05) is 23.3 Å². The van der Waals surface area contributed by atoms with Crippen LogP contribution in [0.15, 0.2) is 42.5 Å². The van der Waals surface area contributed by atoms with E-state index in [1.807, 2.05) is 20.8 Å². The van der Waals surface area contributed by atoms with E-state index in [9.17, 15) is 9.90 Å².